The maximum absolute atomic E-state index is 14.0. The van der Waals surface area contributed by atoms with Crippen molar-refractivity contribution >= 4 is 10.9 Å². The molecule has 0 fully saturated rings. The summed E-state index contributed by atoms with van der Waals surface area (Å²) in [5.74, 6) is -0.175. The van der Waals surface area contributed by atoms with Crippen LogP contribution in [0.1, 0.15) is 11.1 Å². The van der Waals surface area contributed by atoms with Crippen molar-refractivity contribution in [3.8, 4) is 11.1 Å². The van der Waals surface area contributed by atoms with E-state index >= 15 is 0 Å². The standard InChI is InChI=1S/C17H17FN2/c1-11-3-5-14(16(18)7-11)12-4-6-15-13(9-19-2)10-20-17(15)8-12/h3-8,10,19-20H,9H2,1-2H3. The molecule has 20 heavy (non-hydrogen) atoms. The van der Waals surface area contributed by atoms with Gasteiger partial charge in [0.2, 0.25) is 0 Å². The first-order chi connectivity index (χ1) is 9.69. The first-order valence-electron chi connectivity index (χ1n) is 6.70. The summed E-state index contributed by atoms with van der Waals surface area (Å²) in [6.45, 7) is 2.71. The maximum Gasteiger partial charge on any atom is 0.131 e. The van der Waals surface area contributed by atoms with E-state index in [9.17, 15) is 4.39 Å². The van der Waals surface area contributed by atoms with E-state index in [1.807, 2.05) is 50.5 Å². The molecule has 3 aromatic rings. The number of aryl methyl sites for hydroxylation is 1. The van der Waals surface area contributed by atoms with Gasteiger partial charge in [-0.15, -0.1) is 0 Å². The summed E-state index contributed by atoms with van der Waals surface area (Å²) < 4.78 is 14.0. The molecule has 0 spiro atoms. The molecule has 3 heteroatoms. The minimum Gasteiger partial charge on any atom is -0.361 e. The summed E-state index contributed by atoms with van der Waals surface area (Å²) in [7, 11) is 1.93. The third kappa shape index (κ3) is 2.21. The van der Waals surface area contributed by atoms with Gasteiger partial charge < -0.3 is 10.3 Å². The Hall–Kier alpha value is -2.13. The lowest BCUT2D eigenvalue weighted by Gasteiger charge is -2.05. The summed E-state index contributed by atoms with van der Waals surface area (Å²) in [5, 5.41) is 4.32. The van der Waals surface area contributed by atoms with Crippen LogP contribution in [0.5, 0.6) is 0 Å². The molecule has 0 radical (unpaired) electrons. The number of H-pyrrole nitrogens is 1. The van der Waals surface area contributed by atoms with Gasteiger partial charge in [-0.1, -0.05) is 24.3 Å². The van der Waals surface area contributed by atoms with Gasteiger partial charge in [-0.25, -0.2) is 4.39 Å². The molecule has 0 aliphatic heterocycles. The van der Waals surface area contributed by atoms with Crippen LogP contribution in [0.15, 0.2) is 42.6 Å². The lowest BCUT2D eigenvalue weighted by atomic mass is 10.0. The number of fused-ring (bicyclic) bond motifs is 1. The Morgan fingerprint density at radius 1 is 1.15 bits per heavy atom. The van der Waals surface area contributed by atoms with Crippen molar-refractivity contribution in [2.45, 2.75) is 13.5 Å². The Morgan fingerprint density at radius 2 is 2.00 bits per heavy atom. The van der Waals surface area contributed by atoms with Crippen molar-refractivity contribution < 1.29 is 4.39 Å². The van der Waals surface area contributed by atoms with E-state index in [1.165, 1.54) is 10.9 Å². The number of hydrogen-bond donors (Lipinski definition) is 2. The summed E-state index contributed by atoms with van der Waals surface area (Å²) >= 11 is 0. The molecule has 0 saturated heterocycles. The number of halogens is 1. The molecule has 0 saturated carbocycles. The van der Waals surface area contributed by atoms with Crippen molar-refractivity contribution in [3.05, 3.63) is 59.5 Å². The molecule has 3 rings (SSSR count). The number of aromatic amines is 1. The molecule has 1 heterocycles. The first-order valence-corrected chi connectivity index (χ1v) is 6.70. The number of rotatable bonds is 3. The van der Waals surface area contributed by atoms with Crippen LogP contribution in [0.3, 0.4) is 0 Å². The van der Waals surface area contributed by atoms with E-state index in [1.54, 1.807) is 6.07 Å². The quantitative estimate of drug-likeness (QED) is 0.738. The van der Waals surface area contributed by atoms with Crippen LogP contribution in [0.25, 0.3) is 22.0 Å². The summed E-state index contributed by atoms with van der Waals surface area (Å²) in [6.07, 6.45) is 2.00. The Labute approximate surface area is 117 Å². The second kappa shape index (κ2) is 5.10. The monoisotopic (exact) mass is 268 g/mol. The van der Waals surface area contributed by atoms with Crippen molar-refractivity contribution in [2.24, 2.45) is 0 Å². The van der Waals surface area contributed by atoms with E-state index in [2.05, 4.69) is 10.3 Å². The van der Waals surface area contributed by atoms with Gasteiger partial charge in [-0.2, -0.15) is 0 Å². The Balaban J connectivity index is 2.09. The zero-order valence-electron chi connectivity index (χ0n) is 11.6. The van der Waals surface area contributed by atoms with Gasteiger partial charge in [0, 0.05) is 29.2 Å². The zero-order valence-corrected chi connectivity index (χ0v) is 11.6. The second-order valence-electron chi connectivity index (χ2n) is 5.09. The van der Waals surface area contributed by atoms with Crippen molar-refractivity contribution in [1.29, 1.82) is 0 Å². The normalized spacial score (nSPS) is 11.2. The van der Waals surface area contributed by atoms with Gasteiger partial charge in [0.15, 0.2) is 0 Å². The van der Waals surface area contributed by atoms with Crippen LogP contribution in [-0.4, -0.2) is 12.0 Å². The Kier molecular flexibility index (Phi) is 3.28. The summed E-state index contributed by atoms with van der Waals surface area (Å²) in [4.78, 5) is 3.25. The molecule has 0 bridgehead atoms. The summed E-state index contributed by atoms with van der Waals surface area (Å²) in [6, 6.07) is 11.4. The third-order valence-corrected chi connectivity index (χ3v) is 3.57. The molecule has 0 aliphatic carbocycles. The molecule has 2 N–H and O–H groups in total. The van der Waals surface area contributed by atoms with Crippen LogP contribution in [0.2, 0.25) is 0 Å². The Morgan fingerprint density at radius 3 is 2.75 bits per heavy atom. The zero-order chi connectivity index (χ0) is 14.1. The molecular weight excluding hydrogens is 251 g/mol. The molecular formula is C17H17FN2. The fourth-order valence-corrected chi connectivity index (χ4v) is 2.54. The summed E-state index contributed by atoms with van der Waals surface area (Å²) in [5.41, 5.74) is 4.73. The highest BCUT2D eigenvalue weighted by Crippen LogP contribution is 2.28. The minimum absolute atomic E-state index is 0.175. The predicted molar refractivity (Wildman–Crippen MR) is 81.2 cm³/mol. The third-order valence-electron chi connectivity index (χ3n) is 3.57. The van der Waals surface area contributed by atoms with Crippen molar-refractivity contribution in [3.63, 3.8) is 0 Å². The smallest absolute Gasteiger partial charge is 0.131 e. The largest absolute Gasteiger partial charge is 0.361 e. The first kappa shape index (κ1) is 12.9. The number of nitrogens with one attached hydrogen (secondary N) is 2. The molecule has 0 unspecified atom stereocenters. The average molecular weight is 268 g/mol. The van der Waals surface area contributed by atoms with Crippen LogP contribution >= 0.6 is 0 Å². The molecule has 1 aromatic heterocycles. The fraction of sp³-hybridized carbons (Fsp3) is 0.176. The highest BCUT2D eigenvalue weighted by molar-refractivity contribution is 5.87. The van der Waals surface area contributed by atoms with Crippen LogP contribution in [-0.2, 0) is 6.54 Å². The van der Waals surface area contributed by atoms with Crippen LogP contribution < -0.4 is 5.32 Å². The average Bonchev–Trinajstić information content (AvgIpc) is 2.82. The van der Waals surface area contributed by atoms with E-state index in [0.29, 0.717) is 5.56 Å². The van der Waals surface area contributed by atoms with Gasteiger partial charge >= 0.3 is 0 Å². The molecule has 2 nitrogen and oxygen atoms in total. The van der Waals surface area contributed by atoms with Gasteiger partial charge in [-0.3, -0.25) is 0 Å². The van der Waals surface area contributed by atoms with Gasteiger partial charge in [-0.05, 0) is 42.8 Å². The van der Waals surface area contributed by atoms with Gasteiger partial charge in [0.25, 0.3) is 0 Å². The number of hydrogen-bond acceptors (Lipinski definition) is 1. The lowest BCUT2D eigenvalue weighted by molar-refractivity contribution is 0.630. The van der Waals surface area contributed by atoms with Crippen molar-refractivity contribution in [1.82, 2.24) is 10.3 Å². The minimum atomic E-state index is -0.175. The molecule has 2 aromatic carbocycles. The SMILES string of the molecule is CNCc1c[nH]c2cc(-c3ccc(C)cc3F)ccc12. The highest BCUT2D eigenvalue weighted by Gasteiger charge is 2.08. The van der Waals surface area contributed by atoms with E-state index in [4.69, 9.17) is 0 Å². The molecule has 102 valence electrons. The van der Waals surface area contributed by atoms with E-state index < -0.39 is 0 Å². The van der Waals surface area contributed by atoms with E-state index in [0.717, 1.165) is 23.2 Å². The Bertz CT molecular complexity index is 759. The number of benzene rings is 2. The molecule has 0 amide bonds. The van der Waals surface area contributed by atoms with Crippen LogP contribution in [0, 0.1) is 12.7 Å². The predicted octanol–water partition coefficient (Wildman–Crippen LogP) is 4.00. The molecule has 0 aliphatic rings. The van der Waals surface area contributed by atoms with E-state index in [-0.39, 0.29) is 5.82 Å². The maximum atomic E-state index is 14.0. The highest BCUT2D eigenvalue weighted by atomic mass is 19.1. The van der Waals surface area contributed by atoms with Gasteiger partial charge in [0.05, 0.1) is 0 Å². The second-order valence-corrected chi connectivity index (χ2v) is 5.09. The lowest BCUT2D eigenvalue weighted by Crippen LogP contribution is -2.03. The molecule has 0 atom stereocenters. The van der Waals surface area contributed by atoms with Crippen molar-refractivity contribution in [2.75, 3.05) is 7.05 Å². The number of aromatic nitrogens is 1. The topological polar surface area (TPSA) is 27.8 Å². The van der Waals surface area contributed by atoms with Crippen LogP contribution in [0.4, 0.5) is 4.39 Å². The van der Waals surface area contributed by atoms with Gasteiger partial charge in [0.1, 0.15) is 5.82 Å². The fourth-order valence-electron chi connectivity index (χ4n) is 2.54.